The molecule has 0 atom stereocenters. The molecular formula is C9H8ClNO. The van der Waals surface area contributed by atoms with Crippen molar-refractivity contribution in [3.63, 3.8) is 0 Å². The third-order valence-electron chi connectivity index (χ3n) is 1.88. The summed E-state index contributed by atoms with van der Waals surface area (Å²) in [6.07, 6.45) is 1.74. The molecule has 0 bridgehead atoms. The number of halogens is 1. The van der Waals surface area contributed by atoms with Crippen molar-refractivity contribution in [3.05, 3.63) is 35.0 Å². The maximum atomic E-state index is 8.86. The van der Waals surface area contributed by atoms with E-state index < -0.39 is 0 Å². The van der Waals surface area contributed by atoms with Gasteiger partial charge in [0.25, 0.3) is 0 Å². The highest BCUT2D eigenvalue weighted by Crippen LogP contribution is 2.23. The van der Waals surface area contributed by atoms with Gasteiger partial charge in [-0.15, -0.1) is 0 Å². The molecular weight excluding hydrogens is 174 g/mol. The van der Waals surface area contributed by atoms with Crippen molar-refractivity contribution in [1.29, 1.82) is 0 Å². The molecule has 1 heterocycles. The predicted octanol–water partition coefficient (Wildman–Crippen LogP) is 2.31. The first-order chi connectivity index (χ1) is 5.81. The summed E-state index contributed by atoms with van der Waals surface area (Å²) in [6.45, 7) is 0.0621. The average Bonchev–Trinajstić information content (AvgIpc) is 2.47. The Labute approximate surface area is 74.8 Å². The molecule has 0 saturated heterocycles. The largest absolute Gasteiger partial charge is 0.392 e. The maximum absolute atomic E-state index is 8.86. The first-order valence-corrected chi connectivity index (χ1v) is 4.05. The van der Waals surface area contributed by atoms with Crippen molar-refractivity contribution in [2.45, 2.75) is 6.61 Å². The van der Waals surface area contributed by atoms with Crippen LogP contribution in [0.3, 0.4) is 0 Å². The van der Waals surface area contributed by atoms with Gasteiger partial charge in [0, 0.05) is 17.1 Å². The van der Waals surface area contributed by atoms with Gasteiger partial charge in [-0.2, -0.15) is 0 Å². The lowest BCUT2D eigenvalue weighted by atomic mass is 10.2. The molecule has 0 radical (unpaired) electrons. The van der Waals surface area contributed by atoms with Crippen molar-refractivity contribution in [1.82, 2.24) is 4.98 Å². The number of H-pyrrole nitrogens is 1. The number of hydrogen-bond donors (Lipinski definition) is 2. The number of aromatic amines is 1. The molecule has 2 nitrogen and oxygen atoms in total. The summed E-state index contributed by atoms with van der Waals surface area (Å²) in [5.41, 5.74) is 1.85. The highest BCUT2D eigenvalue weighted by atomic mass is 35.5. The molecule has 0 aliphatic heterocycles. The number of rotatable bonds is 1. The fourth-order valence-corrected chi connectivity index (χ4v) is 1.46. The number of aromatic nitrogens is 1. The van der Waals surface area contributed by atoms with Crippen LogP contribution < -0.4 is 0 Å². The van der Waals surface area contributed by atoms with E-state index in [1.54, 1.807) is 6.20 Å². The van der Waals surface area contributed by atoms with E-state index in [2.05, 4.69) is 4.98 Å². The number of aliphatic hydroxyl groups is 1. The summed E-state index contributed by atoms with van der Waals surface area (Å²) < 4.78 is 0. The third kappa shape index (κ3) is 1.09. The molecule has 12 heavy (non-hydrogen) atoms. The van der Waals surface area contributed by atoms with Gasteiger partial charge in [0.1, 0.15) is 0 Å². The standard InChI is InChI=1S/C9H8ClNO/c10-8-4-11-9-3-6(5-12)1-2-7(8)9/h1-4,11-12H,5H2. The zero-order valence-electron chi connectivity index (χ0n) is 6.34. The molecule has 0 amide bonds. The Balaban J connectivity index is 2.69. The molecule has 2 rings (SSSR count). The van der Waals surface area contributed by atoms with Gasteiger partial charge in [-0.1, -0.05) is 23.7 Å². The van der Waals surface area contributed by atoms with E-state index in [0.29, 0.717) is 0 Å². The fourth-order valence-electron chi connectivity index (χ4n) is 1.24. The second-order valence-corrected chi connectivity index (χ2v) is 3.08. The second kappa shape index (κ2) is 2.81. The molecule has 0 aliphatic rings. The Morgan fingerprint density at radius 1 is 1.42 bits per heavy atom. The van der Waals surface area contributed by atoms with E-state index in [-0.39, 0.29) is 6.61 Å². The fraction of sp³-hybridized carbons (Fsp3) is 0.111. The Bertz CT molecular complexity index is 408. The Morgan fingerprint density at radius 2 is 2.25 bits per heavy atom. The monoisotopic (exact) mass is 181 g/mol. The number of aliphatic hydroxyl groups excluding tert-OH is 1. The van der Waals surface area contributed by atoms with E-state index in [4.69, 9.17) is 16.7 Å². The van der Waals surface area contributed by atoms with Crippen LogP contribution in [0.1, 0.15) is 5.56 Å². The summed E-state index contributed by atoms with van der Waals surface area (Å²) in [6, 6.07) is 5.66. The minimum absolute atomic E-state index is 0.0621. The van der Waals surface area contributed by atoms with Crippen LogP contribution in [0.25, 0.3) is 10.9 Å². The lowest BCUT2D eigenvalue weighted by molar-refractivity contribution is 0.282. The van der Waals surface area contributed by atoms with Gasteiger partial charge in [0.05, 0.1) is 11.6 Å². The Morgan fingerprint density at radius 3 is 3.00 bits per heavy atom. The minimum atomic E-state index is 0.0621. The van der Waals surface area contributed by atoms with Crippen LogP contribution in [0.5, 0.6) is 0 Å². The van der Waals surface area contributed by atoms with E-state index >= 15 is 0 Å². The summed E-state index contributed by atoms with van der Waals surface area (Å²) in [7, 11) is 0. The molecule has 2 N–H and O–H groups in total. The first-order valence-electron chi connectivity index (χ1n) is 3.67. The van der Waals surface area contributed by atoms with Crippen molar-refractivity contribution in [3.8, 4) is 0 Å². The number of nitrogens with one attached hydrogen (secondary N) is 1. The number of benzene rings is 1. The van der Waals surface area contributed by atoms with E-state index in [0.717, 1.165) is 21.5 Å². The molecule has 0 unspecified atom stereocenters. The van der Waals surface area contributed by atoms with Crippen molar-refractivity contribution >= 4 is 22.5 Å². The molecule has 0 aliphatic carbocycles. The van der Waals surface area contributed by atoms with Crippen LogP contribution in [0, 0.1) is 0 Å². The average molecular weight is 182 g/mol. The first kappa shape index (κ1) is 7.65. The van der Waals surface area contributed by atoms with E-state index in [9.17, 15) is 0 Å². The molecule has 0 fully saturated rings. The van der Waals surface area contributed by atoms with Crippen LogP contribution in [0.4, 0.5) is 0 Å². The normalized spacial score (nSPS) is 10.8. The maximum Gasteiger partial charge on any atom is 0.0682 e. The molecule has 3 heteroatoms. The summed E-state index contributed by atoms with van der Waals surface area (Å²) in [5, 5.41) is 10.6. The van der Waals surface area contributed by atoms with E-state index in [1.165, 1.54) is 0 Å². The van der Waals surface area contributed by atoms with Gasteiger partial charge in [0.2, 0.25) is 0 Å². The quantitative estimate of drug-likeness (QED) is 0.696. The summed E-state index contributed by atoms with van der Waals surface area (Å²) in [4.78, 5) is 3.02. The SMILES string of the molecule is OCc1ccc2c(Cl)c[nH]c2c1. The minimum Gasteiger partial charge on any atom is -0.392 e. The van der Waals surface area contributed by atoms with Gasteiger partial charge >= 0.3 is 0 Å². The van der Waals surface area contributed by atoms with Crippen LogP contribution >= 0.6 is 11.6 Å². The van der Waals surface area contributed by atoms with Gasteiger partial charge in [0.15, 0.2) is 0 Å². The van der Waals surface area contributed by atoms with Crippen LogP contribution in [-0.4, -0.2) is 10.1 Å². The topological polar surface area (TPSA) is 36.0 Å². The lowest BCUT2D eigenvalue weighted by Gasteiger charge is -1.95. The second-order valence-electron chi connectivity index (χ2n) is 2.67. The highest BCUT2D eigenvalue weighted by Gasteiger charge is 2.00. The molecule has 1 aromatic carbocycles. The van der Waals surface area contributed by atoms with Gasteiger partial charge < -0.3 is 10.1 Å². The molecule has 1 aromatic heterocycles. The predicted molar refractivity (Wildman–Crippen MR) is 49.2 cm³/mol. The highest BCUT2D eigenvalue weighted by molar-refractivity contribution is 6.35. The van der Waals surface area contributed by atoms with Crippen LogP contribution in [0.2, 0.25) is 5.02 Å². The molecule has 0 saturated carbocycles. The number of hydrogen-bond acceptors (Lipinski definition) is 1. The van der Waals surface area contributed by atoms with Gasteiger partial charge in [-0.3, -0.25) is 0 Å². The molecule has 0 spiro atoms. The van der Waals surface area contributed by atoms with Crippen LogP contribution in [-0.2, 0) is 6.61 Å². The zero-order chi connectivity index (χ0) is 8.55. The van der Waals surface area contributed by atoms with Crippen molar-refractivity contribution < 1.29 is 5.11 Å². The Hall–Kier alpha value is -0.990. The van der Waals surface area contributed by atoms with E-state index in [1.807, 2.05) is 18.2 Å². The third-order valence-corrected chi connectivity index (χ3v) is 2.19. The van der Waals surface area contributed by atoms with Gasteiger partial charge in [-0.05, 0) is 11.6 Å². The molecule has 62 valence electrons. The number of fused-ring (bicyclic) bond motifs is 1. The lowest BCUT2D eigenvalue weighted by Crippen LogP contribution is -1.80. The smallest absolute Gasteiger partial charge is 0.0682 e. The molecule has 2 aromatic rings. The van der Waals surface area contributed by atoms with Crippen molar-refractivity contribution in [2.24, 2.45) is 0 Å². The summed E-state index contributed by atoms with van der Waals surface area (Å²) in [5.74, 6) is 0. The van der Waals surface area contributed by atoms with Crippen molar-refractivity contribution in [2.75, 3.05) is 0 Å². The zero-order valence-corrected chi connectivity index (χ0v) is 7.10. The van der Waals surface area contributed by atoms with Gasteiger partial charge in [-0.25, -0.2) is 0 Å². The summed E-state index contributed by atoms with van der Waals surface area (Å²) >= 11 is 5.87. The Kier molecular flexibility index (Phi) is 1.79. The van der Waals surface area contributed by atoms with Crippen LogP contribution in [0.15, 0.2) is 24.4 Å².